The number of amides is 1. The molecule has 6 nitrogen and oxygen atoms in total. The fraction of sp³-hybridized carbons (Fsp3) is 0.524. The Balaban J connectivity index is 1.45. The molecule has 1 aromatic heterocycles. The molecule has 4 aliphatic rings. The Morgan fingerprint density at radius 1 is 1.19 bits per heavy atom. The number of carbonyl (C=O) groups is 2. The lowest BCUT2D eigenvalue weighted by Gasteiger charge is -2.60. The second-order valence-electron chi connectivity index (χ2n) is 8.90. The Morgan fingerprint density at radius 3 is 2.63 bits per heavy atom. The predicted molar refractivity (Wildman–Crippen MR) is 100 cm³/mol. The first-order valence-electron chi connectivity index (χ1n) is 9.76. The molecule has 6 rings (SSSR count). The lowest BCUT2D eigenvalue weighted by molar-refractivity contribution is -0.150. The summed E-state index contributed by atoms with van der Waals surface area (Å²) in [7, 11) is 0. The van der Waals surface area contributed by atoms with Gasteiger partial charge >= 0.3 is 0 Å². The van der Waals surface area contributed by atoms with E-state index in [1.165, 1.54) is 6.42 Å². The number of ketones is 1. The van der Waals surface area contributed by atoms with Crippen molar-refractivity contribution in [1.29, 1.82) is 0 Å². The van der Waals surface area contributed by atoms with Gasteiger partial charge in [-0.2, -0.15) is 5.10 Å². The van der Waals surface area contributed by atoms with E-state index >= 15 is 0 Å². The Kier molecular flexibility index (Phi) is 3.55. The maximum Gasteiger partial charge on any atom is 0.230 e. The topological polar surface area (TPSA) is 76.9 Å². The van der Waals surface area contributed by atoms with Gasteiger partial charge in [0.2, 0.25) is 5.91 Å². The Morgan fingerprint density at radius 2 is 1.96 bits per heavy atom. The van der Waals surface area contributed by atoms with Crippen LogP contribution in [0.1, 0.15) is 55.8 Å². The highest BCUT2D eigenvalue weighted by Crippen LogP contribution is 2.64. The molecule has 1 aromatic carbocycles. The van der Waals surface area contributed by atoms with Crippen LogP contribution in [0, 0.1) is 17.3 Å². The van der Waals surface area contributed by atoms with E-state index in [1.807, 2.05) is 23.1 Å². The second-order valence-corrected chi connectivity index (χ2v) is 8.90. The summed E-state index contributed by atoms with van der Waals surface area (Å²) >= 11 is 0. The summed E-state index contributed by atoms with van der Waals surface area (Å²) < 4.78 is 2.02. The van der Waals surface area contributed by atoms with Gasteiger partial charge in [-0.3, -0.25) is 9.59 Å². The number of carbonyl (C=O) groups excluding carboxylic acids is 2. The van der Waals surface area contributed by atoms with Gasteiger partial charge in [0.25, 0.3) is 0 Å². The molecule has 0 radical (unpaired) electrons. The van der Waals surface area contributed by atoms with E-state index in [2.05, 4.69) is 15.4 Å². The Hall–Kier alpha value is -2.50. The SMILES string of the molecule is CC(=O)c1cccc(NC(=O)C23C[C@H]4C[C@@H](C2)CC(n2cncn2)(C4)C3)c1. The molecule has 27 heavy (non-hydrogen) atoms. The fourth-order valence-corrected chi connectivity index (χ4v) is 6.28. The van der Waals surface area contributed by atoms with Crippen molar-refractivity contribution in [2.75, 3.05) is 5.32 Å². The van der Waals surface area contributed by atoms with Crippen LogP contribution in [0.2, 0.25) is 0 Å². The minimum atomic E-state index is -0.345. The number of hydrogen-bond donors (Lipinski definition) is 1. The van der Waals surface area contributed by atoms with Crippen LogP contribution in [0.25, 0.3) is 0 Å². The highest BCUT2D eigenvalue weighted by Gasteiger charge is 2.61. The van der Waals surface area contributed by atoms with Crippen LogP contribution < -0.4 is 5.32 Å². The normalized spacial score (nSPS) is 33.8. The molecule has 0 aliphatic heterocycles. The summed E-state index contributed by atoms with van der Waals surface area (Å²) in [6, 6.07) is 7.23. The number of Topliss-reactive ketones (excluding diaryl/α,β-unsaturated/α-hetero) is 1. The van der Waals surface area contributed by atoms with Gasteiger partial charge in [-0.05, 0) is 69.4 Å². The van der Waals surface area contributed by atoms with Crippen molar-refractivity contribution in [2.24, 2.45) is 17.3 Å². The largest absolute Gasteiger partial charge is 0.326 e. The van der Waals surface area contributed by atoms with Crippen LogP contribution in [-0.2, 0) is 10.3 Å². The standard InChI is InChI=1S/C21H24N4O2/c1-14(26)17-3-2-4-18(6-17)24-19(27)20-7-15-5-16(8-20)10-21(9-15,11-20)25-13-22-12-23-25/h2-4,6,12-13,15-16H,5,7-11H2,1H3,(H,24,27)/t15-,16+,20?,21?. The van der Waals surface area contributed by atoms with Crippen molar-refractivity contribution in [3.8, 4) is 0 Å². The number of nitrogens with one attached hydrogen (secondary N) is 1. The minimum Gasteiger partial charge on any atom is -0.326 e. The first-order valence-corrected chi connectivity index (χ1v) is 9.76. The predicted octanol–water partition coefficient (Wildman–Crippen LogP) is 3.41. The lowest BCUT2D eigenvalue weighted by Crippen LogP contribution is -2.60. The molecule has 2 aromatic rings. The van der Waals surface area contributed by atoms with E-state index < -0.39 is 0 Å². The van der Waals surface area contributed by atoms with Gasteiger partial charge in [-0.25, -0.2) is 9.67 Å². The summed E-state index contributed by atoms with van der Waals surface area (Å²) in [4.78, 5) is 29.2. The van der Waals surface area contributed by atoms with E-state index in [4.69, 9.17) is 0 Å². The first-order chi connectivity index (χ1) is 13.0. The van der Waals surface area contributed by atoms with Crippen LogP contribution >= 0.6 is 0 Å². The van der Waals surface area contributed by atoms with E-state index in [1.54, 1.807) is 25.4 Å². The molecule has 6 heteroatoms. The van der Waals surface area contributed by atoms with Gasteiger partial charge in [0.05, 0.1) is 11.0 Å². The van der Waals surface area contributed by atoms with E-state index in [9.17, 15) is 9.59 Å². The average Bonchev–Trinajstić information content (AvgIpc) is 3.16. The molecule has 4 fully saturated rings. The van der Waals surface area contributed by atoms with Crippen LogP contribution in [0.3, 0.4) is 0 Å². The molecule has 4 atom stereocenters. The third-order valence-electron chi connectivity index (χ3n) is 6.94. The molecule has 4 aliphatic carbocycles. The van der Waals surface area contributed by atoms with Gasteiger partial charge < -0.3 is 5.32 Å². The maximum absolute atomic E-state index is 13.4. The summed E-state index contributed by atoms with van der Waals surface area (Å²) in [5, 5.41) is 7.57. The highest BCUT2D eigenvalue weighted by molar-refractivity contribution is 5.99. The van der Waals surface area contributed by atoms with Crippen LogP contribution in [0.15, 0.2) is 36.9 Å². The maximum atomic E-state index is 13.4. The Labute approximate surface area is 158 Å². The number of hydrogen-bond acceptors (Lipinski definition) is 4. The molecular weight excluding hydrogens is 340 g/mol. The number of rotatable bonds is 4. The summed E-state index contributed by atoms with van der Waals surface area (Å²) in [6.07, 6.45) is 9.58. The summed E-state index contributed by atoms with van der Waals surface area (Å²) in [5.41, 5.74) is 0.914. The van der Waals surface area contributed by atoms with Gasteiger partial charge in [0, 0.05) is 11.3 Å². The molecule has 1 N–H and O–H groups in total. The van der Waals surface area contributed by atoms with Crippen molar-refractivity contribution in [3.63, 3.8) is 0 Å². The van der Waals surface area contributed by atoms with Gasteiger partial charge in [0.1, 0.15) is 12.7 Å². The zero-order valence-corrected chi connectivity index (χ0v) is 15.5. The van der Waals surface area contributed by atoms with Crippen molar-refractivity contribution in [2.45, 2.75) is 51.0 Å². The molecule has 0 saturated heterocycles. The lowest BCUT2D eigenvalue weighted by atomic mass is 9.46. The molecule has 4 saturated carbocycles. The number of anilines is 1. The van der Waals surface area contributed by atoms with Crippen molar-refractivity contribution in [1.82, 2.24) is 14.8 Å². The van der Waals surface area contributed by atoms with Crippen LogP contribution in [0.4, 0.5) is 5.69 Å². The zero-order chi connectivity index (χ0) is 18.6. The molecule has 1 heterocycles. The van der Waals surface area contributed by atoms with E-state index in [-0.39, 0.29) is 22.6 Å². The molecule has 2 unspecified atom stereocenters. The van der Waals surface area contributed by atoms with Gasteiger partial charge in [-0.1, -0.05) is 12.1 Å². The van der Waals surface area contributed by atoms with Crippen LogP contribution in [-0.4, -0.2) is 26.5 Å². The first kappa shape index (κ1) is 16.7. The van der Waals surface area contributed by atoms with Crippen molar-refractivity contribution in [3.05, 3.63) is 42.5 Å². The third kappa shape index (κ3) is 2.61. The summed E-state index contributed by atoms with van der Waals surface area (Å²) in [5.74, 6) is 1.25. The quantitative estimate of drug-likeness (QED) is 0.844. The smallest absolute Gasteiger partial charge is 0.230 e. The Bertz CT molecular complexity index is 891. The average molecular weight is 364 g/mol. The molecule has 1 amide bonds. The van der Waals surface area contributed by atoms with Crippen molar-refractivity contribution >= 4 is 17.4 Å². The number of aromatic nitrogens is 3. The zero-order valence-electron chi connectivity index (χ0n) is 15.5. The molecule has 140 valence electrons. The van der Waals surface area contributed by atoms with Gasteiger partial charge in [-0.15, -0.1) is 0 Å². The van der Waals surface area contributed by atoms with Gasteiger partial charge in [0.15, 0.2) is 5.78 Å². The van der Waals surface area contributed by atoms with Crippen molar-refractivity contribution < 1.29 is 9.59 Å². The monoisotopic (exact) mass is 364 g/mol. The summed E-state index contributed by atoms with van der Waals surface area (Å²) in [6.45, 7) is 1.54. The number of benzene rings is 1. The highest BCUT2D eigenvalue weighted by atomic mass is 16.2. The second kappa shape index (κ2) is 5.75. The van der Waals surface area contributed by atoms with Crippen LogP contribution in [0.5, 0.6) is 0 Å². The third-order valence-corrected chi connectivity index (χ3v) is 6.94. The molecule has 0 spiro atoms. The number of nitrogens with zero attached hydrogens (tertiary/aromatic N) is 3. The fourth-order valence-electron chi connectivity index (χ4n) is 6.28. The van der Waals surface area contributed by atoms with E-state index in [0.29, 0.717) is 23.1 Å². The minimum absolute atomic E-state index is 0.00559. The van der Waals surface area contributed by atoms with E-state index in [0.717, 1.165) is 32.1 Å². The molecule has 4 bridgehead atoms. The molecular formula is C21H24N4O2.